The second-order valence-corrected chi connectivity index (χ2v) is 12.7. The third-order valence-electron chi connectivity index (χ3n) is 8.23. The minimum Gasteiger partial charge on any atom is -0.352 e. The lowest BCUT2D eigenvalue weighted by Gasteiger charge is -2.36. The number of piperazine rings is 1. The molecular weight excluding hydrogens is 478 g/mol. The number of hydrogen-bond donors (Lipinski definition) is 1. The Morgan fingerprint density at radius 3 is 2.30 bits per heavy atom. The highest BCUT2D eigenvalue weighted by Crippen LogP contribution is 2.44. The summed E-state index contributed by atoms with van der Waals surface area (Å²) in [4.78, 5) is 30.8. The number of anilines is 2. The number of amides is 2. The maximum absolute atomic E-state index is 13.4. The summed E-state index contributed by atoms with van der Waals surface area (Å²) in [6.45, 7) is 11.8. The van der Waals surface area contributed by atoms with Crippen LogP contribution in [-0.2, 0) is 12.8 Å². The summed E-state index contributed by atoms with van der Waals surface area (Å²) in [7, 11) is 0. The van der Waals surface area contributed by atoms with Gasteiger partial charge in [0.2, 0.25) is 0 Å². The van der Waals surface area contributed by atoms with Gasteiger partial charge in [-0.25, -0.2) is 14.8 Å². The molecule has 0 radical (unpaired) electrons. The van der Waals surface area contributed by atoms with Gasteiger partial charge in [-0.2, -0.15) is 0 Å². The molecule has 37 heavy (non-hydrogen) atoms. The van der Waals surface area contributed by atoms with Gasteiger partial charge in [0.25, 0.3) is 0 Å². The summed E-state index contributed by atoms with van der Waals surface area (Å²) in [5.74, 6) is 3.39. The van der Waals surface area contributed by atoms with Crippen LogP contribution in [0.15, 0.2) is 18.2 Å². The summed E-state index contributed by atoms with van der Waals surface area (Å²) < 4.78 is 0. The lowest BCUT2D eigenvalue weighted by atomic mass is 9.93. The molecule has 1 saturated heterocycles. The average molecular weight is 518 g/mol. The first-order valence-corrected chi connectivity index (χ1v) is 15.0. The molecular formula is C30H39N5OS. The number of aromatic nitrogens is 2. The molecule has 196 valence electrons. The second kappa shape index (κ2) is 9.90. The van der Waals surface area contributed by atoms with E-state index in [0.717, 1.165) is 36.8 Å². The van der Waals surface area contributed by atoms with Gasteiger partial charge in [0.05, 0.1) is 5.39 Å². The first-order valence-electron chi connectivity index (χ1n) is 14.2. The van der Waals surface area contributed by atoms with E-state index in [4.69, 9.17) is 9.97 Å². The van der Waals surface area contributed by atoms with Crippen LogP contribution in [0.4, 0.5) is 16.3 Å². The van der Waals surface area contributed by atoms with Crippen LogP contribution in [0, 0.1) is 0 Å². The van der Waals surface area contributed by atoms with Crippen molar-refractivity contribution in [3.63, 3.8) is 0 Å². The number of rotatable bonds is 5. The number of nitrogens with zero attached hydrogens (tertiary/aromatic N) is 4. The highest BCUT2D eigenvalue weighted by Gasteiger charge is 2.32. The van der Waals surface area contributed by atoms with Gasteiger partial charge >= 0.3 is 6.03 Å². The molecule has 0 bridgehead atoms. The van der Waals surface area contributed by atoms with E-state index in [0.29, 0.717) is 30.8 Å². The predicted octanol–water partition coefficient (Wildman–Crippen LogP) is 7.05. The van der Waals surface area contributed by atoms with Gasteiger partial charge in [-0.1, -0.05) is 45.9 Å². The van der Waals surface area contributed by atoms with Crippen LogP contribution < -0.4 is 10.2 Å². The molecule has 2 aliphatic carbocycles. The molecule has 3 aromatic rings. The Balaban J connectivity index is 1.23. The van der Waals surface area contributed by atoms with Gasteiger partial charge in [-0.15, -0.1) is 11.3 Å². The van der Waals surface area contributed by atoms with E-state index in [2.05, 4.69) is 56.1 Å². The third kappa shape index (κ3) is 4.71. The summed E-state index contributed by atoms with van der Waals surface area (Å²) in [6.07, 6.45) is 7.28. The van der Waals surface area contributed by atoms with Crippen molar-refractivity contribution < 1.29 is 4.79 Å². The number of aryl methyl sites for hydroxylation is 2. The van der Waals surface area contributed by atoms with E-state index in [-0.39, 0.29) is 6.03 Å². The lowest BCUT2D eigenvalue weighted by Crippen LogP contribution is -2.50. The smallest absolute Gasteiger partial charge is 0.321 e. The molecule has 0 unspecified atom stereocenters. The molecule has 3 heterocycles. The number of urea groups is 1. The first kappa shape index (κ1) is 24.7. The highest BCUT2D eigenvalue weighted by atomic mass is 32.1. The Hall–Kier alpha value is -2.67. The molecule has 7 heteroatoms. The second-order valence-electron chi connectivity index (χ2n) is 11.6. The van der Waals surface area contributed by atoms with Crippen LogP contribution in [-0.4, -0.2) is 47.1 Å². The third-order valence-corrected chi connectivity index (χ3v) is 9.41. The first-order chi connectivity index (χ1) is 17.9. The number of thiophene rings is 1. The van der Waals surface area contributed by atoms with Crippen molar-refractivity contribution in [1.82, 2.24) is 14.9 Å². The topological polar surface area (TPSA) is 61.4 Å². The van der Waals surface area contributed by atoms with Crippen molar-refractivity contribution in [3.05, 3.63) is 45.6 Å². The number of benzene rings is 1. The summed E-state index contributed by atoms with van der Waals surface area (Å²) >= 11 is 1.90. The summed E-state index contributed by atoms with van der Waals surface area (Å²) in [5, 5.41) is 4.61. The average Bonchev–Trinajstić information content (AvgIpc) is 3.68. The van der Waals surface area contributed by atoms with Gasteiger partial charge in [-0.05, 0) is 67.1 Å². The van der Waals surface area contributed by atoms with Crippen molar-refractivity contribution in [2.45, 2.75) is 84.0 Å². The Morgan fingerprint density at radius 1 is 0.973 bits per heavy atom. The number of fused-ring (bicyclic) bond motifs is 3. The number of nitrogens with one attached hydrogen (secondary N) is 1. The minimum atomic E-state index is 0.00839. The largest absolute Gasteiger partial charge is 0.352 e. The fraction of sp³-hybridized carbons (Fsp3) is 0.567. The molecule has 2 fully saturated rings. The molecule has 0 atom stereocenters. The predicted molar refractivity (Wildman–Crippen MR) is 153 cm³/mol. The fourth-order valence-corrected chi connectivity index (χ4v) is 7.17. The molecule has 6 nitrogen and oxygen atoms in total. The number of hydrogen-bond acceptors (Lipinski definition) is 5. The van der Waals surface area contributed by atoms with E-state index in [1.54, 1.807) is 0 Å². The number of carbonyl (C=O) groups is 1. The van der Waals surface area contributed by atoms with Gasteiger partial charge < -0.3 is 15.1 Å². The molecule has 6 rings (SSSR count). The molecule has 2 amide bonds. The van der Waals surface area contributed by atoms with E-state index in [1.165, 1.54) is 63.9 Å². The normalized spacial score (nSPS) is 18.1. The monoisotopic (exact) mass is 517 g/mol. The van der Waals surface area contributed by atoms with E-state index in [1.807, 2.05) is 16.2 Å². The van der Waals surface area contributed by atoms with Crippen LogP contribution in [0.25, 0.3) is 10.2 Å². The fourth-order valence-electron chi connectivity index (χ4n) is 5.91. The molecule has 1 aliphatic heterocycles. The molecule has 3 aliphatic rings. The van der Waals surface area contributed by atoms with Crippen LogP contribution in [0.5, 0.6) is 0 Å². The van der Waals surface area contributed by atoms with Gasteiger partial charge in [0, 0.05) is 42.7 Å². The molecule has 1 saturated carbocycles. The van der Waals surface area contributed by atoms with Crippen LogP contribution in [0.2, 0.25) is 0 Å². The molecule has 1 N–H and O–H groups in total. The maximum atomic E-state index is 13.4. The van der Waals surface area contributed by atoms with Crippen molar-refractivity contribution >= 4 is 39.1 Å². The summed E-state index contributed by atoms with van der Waals surface area (Å²) in [6, 6.07) is 6.40. The molecule has 0 spiro atoms. The van der Waals surface area contributed by atoms with Crippen molar-refractivity contribution in [3.8, 4) is 0 Å². The van der Waals surface area contributed by atoms with Gasteiger partial charge in [0.15, 0.2) is 0 Å². The molecule has 1 aromatic carbocycles. The van der Waals surface area contributed by atoms with Crippen LogP contribution >= 0.6 is 11.3 Å². The van der Waals surface area contributed by atoms with Crippen LogP contribution in [0.3, 0.4) is 0 Å². The standard InChI is InChI=1S/C30H39N5OS/c1-18(2)21-9-7-10-22(19(3)4)26(21)31-30(36)35-16-14-34(15-17-35)28-25-23-8-5-6-11-24(23)37-29(25)33-27(32-28)20-12-13-20/h7,9-10,18-20H,5-6,8,11-17H2,1-4H3,(H,31,36). The number of para-hydroxylation sites is 1. The van der Waals surface area contributed by atoms with Crippen molar-refractivity contribution in [1.29, 1.82) is 0 Å². The molecule has 2 aromatic heterocycles. The van der Waals surface area contributed by atoms with Gasteiger partial charge in [-0.3, -0.25) is 0 Å². The van der Waals surface area contributed by atoms with E-state index < -0.39 is 0 Å². The van der Waals surface area contributed by atoms with Crippen molar-refractivity contribution in [2.75, 3.05) is 36.4 Å². The van der Waals surface area contributed by atoms with Gasteiger partial charge in [0.1, 0.15) is 16.5 Å². The number of carbonyl (C=O) groups excluding carboxylic acids is 1. The Morgan fingerprint density at radius 2 is 1.65 bits per heavy atom. The zero-order valence-electron chi connectivity index (χ0n) is 22.6. The van der Waals surface area contributed by atoms with E-state index in [9.17, 15) is 4.79 Å². The Bertz CT molecular complexity index is 1290. The van der Waals surface area contributed by atoms with Crippen LogP contribution in [0.1, 0.15) is 98.5 Å². The Labute approximate surface area is 224 Å². The SMILES string of the molecule is CC(C)c1cccc(C(C)C)c1NC(=O)N1CCN(c2nc(C3CC3)nc3sc4c(c23)CCCC4)CC1. The van der Waals surface area contributed by atoms with Crippen molar-refractivity contribution in [2.24, 2.45) is 0 Å². The minimum absolute atomic E-state index is 0.00839. The van der Waals surface area contributed by atoms with E-state index >= 15 is 0 Å². The zero-order valence-corrected chi connectivity index (χ0v) is 23.5. The summed E-state index contributed by atoms with van der Waals surface area (Å²) in [5.41, 5.74) is 4.90. The Kier molecular flexibility index (Phi) is 6.59. The lowest BCUT2D eigenvalue weighted by molar-refractivity contribution is 0.208. The highest BCUT2D eigenvalue weighted by molar-refractivity contribution is 7.19. The maximum Gasteiger partial charge on any atom is 0.321 e. The zero-order chi connectivity index (χ0) is 25.7. The quantitative estimate of drug-likeness (QED) is 0.394.